The van der Waals surface area contributed by atoms with Crippen LogP contribution in [0.15, 0.2) is 80.5 Å². The third kappa shape index (κ3) is 4.21. The quantitative estimate of drug-likeness (QED) is 0.271. The molecule has 6 nitrogen and oxygen atoms in total. The van der Waals surface area contributed by atoms with E-state index in [1.165, 1.54) is 49.4 Å². The lowest BCUT2D eigenvalue weighted by Gasteiger charge is -2.23. The number of sulfonamides is 1. The van der Waals surface area contributed by atoms with Crippen LogP contribution < -0.4 is 4.31 Å². The Kier molecular flexibility index (Phi) is 6.18. The summed E-state index contributed by atoms with van der Waals surface area (Å²) in [6.07, 6.45) is 0. The molecule has 0 aliphatic carbocycles. The van der Waals surface area contributed by atoms with Gasteiger partial charge in [-0.05, 0) is 68.4 Å². The molecule has 9 heteroatoms. The molecule has 3 aromatic carbocycles. The number of furan rings is 1. The van der Waals surface area contributed by atoms with Gasteiger partial charge < -0.3 is 4.42 Å². The van der Waals surface area contributed by atoms with Crippen molar-refractivity contribution in [1.29, 1.82) is 0 Å². The van der Waals surface area contributed by atoms with Crippen LogP contribution in [0.4, 0.5) is 5.69 Å². The number of amides is 1. The molecule has 0 radical (unpaired) electrons. The van der Waals surface area contributed by atoms with E-state index in [4.69, 9.17) is 16.0 Å². The Balaban J connectivity index is 1.98. The van der Waals surface area contributed by atoms with Crippen molar-refractivity contribution in [1.82, 2.24) is 0 Å². The number of Topliss-reactive ketones (excluding diaryl/α,β-unsaturated/α-hetero) is 1. The van der Waals surface area contributed by atoms with Crippen molar-refractivity contribution in [2.24, 2.45) is 0 Å². The van der Waals surface area contributed by atoms with E-state index in [-0.39, 0.29) is 27.0 Å². The molecule has 0 aliphatic heterocycles. The largest absolute Gasteiger partial charge is 0.461 e. The highest BCUT2D eigenvalue weighted by atomic mass is 79.9. The van der Waals surface area contributed by atoms with E-state index in [1.54, 1.807) is 31.2 Å². The molecule has 0 saturated carbocycles. The highest BCUT2D eigenvalue weighted by molar-refractivity contribution is 9.10. The summed E-state index contributed by atoms with van der Waals surface area (Å²) in [5.41, 5.74) is 0.819. The summed E-state index contributed by atoms with van der Waals surface area (Å²) in [6.45, 7) is 3.05. The number of rotatable bonds is 5. The lowest BCUT2D eigenvalue weighted by molar-refractivity contribution is 0.100. The summed E-state index contributed by atoms with van der Waals surface area (Å²) >= 11 is 9.51. The number of fused-ring (bicyclic) bond motifs is 1. The fourth-order valence-electron chi connectivity index (χ4n) is 3.59. The van der Waals surface area contributed by atoms with Gasteiger partial charge in [-0.1, -0.05) is 39.7 Å². The van der Waals surface area contributed by atoms with Gasteiger partial charge in [-0.2, -0.15) is 4.31 Å². The Labute approximate surface area is 203 Å². The summed E-state index contributed by atoms with van der Waals surface area (Å²) < 4.78 is 34.4. The summed E-state index contributed by atoms with van der Waals surface area (Å²) in [7, 11) is -4.34. The summed E-state index contributed by atoms with van der Waals surface area (Å²) in [4.78, 5) is 25.7. The molecule has 4 aromatic rings. The van der Waals surface area contributed by atoms with Crippen molar-refractivity contribution in [2.45, 2.75) is 18.7 Å². The minimum Gasteiger partial charge on any atom is -0.461 e. The van der Waals surface area contributed by atoms with Gasteiger partial charge in [0.15, 0.2) is 5.78 Å². The lowest BCUT2D eigenvalue weighted by Crippen LogP contribution is -2.37. The fraction of sp³-hybridized carbons (Fsp3) is 0.0833. The third-order valence-corrected chi connectivity index (χ3v) is 7.66. The number of ketones is 1. The molecule has 0 bridgehead atoms. The second kappa shape index (κ2) is 8.78. The predicted octanol–water partition coefficient (Wildman–Crippen LogP) is 6.40. The molecule has 0 unspecified atom stereocenters. The molecule has 168 valence electrons. The first kappa shape index (κ1) is 23.2. The van der Waals surface area contributed by atoms with Crippen molar-refractivity contribution in [3.8, 4) is 0 Å². The van der Waals surface area contributed by atoms with Crippen LogP contribution >= 0.6 is 27.5 Å². The number of benzene rings is 3. The zero-order chi connectivity index (χ0) is 23.9. The van der Waals surface area contributed by atoms with Crippen LogP contribution in [0.2, 0.25) is 5.02 Å². The maximum absolute atomic E-state index is 13.7. The van der Waals surface area contributed by atoms with Crippen molar-refractivity contribution in [2.75, 3.05) is 4.31 Å². The summed E-state index contributed by atoms with van der Waals surface area (Å²) in [5, 5.41) is 0.531. The molecule has 1 amide bonds. The molecule has 0 atom stereocenters. The van der Waals surface area contributed by atoms with Crippen LogP contribution in [-0.4, -0.2) is 20.1 Å². The topological polar surface area (TPSA) is 84.7 Å². The highest BCUT2D eigenvalue weighted by Crippen LogP contribution is 2.34. The Morgan fingerprint density at radius 3 is 2.30 bits per heavy atom. The average Bonchev–Trinajstić information content (AvgIpc) is 3.09. The number of nitrogens with zero attached hydrogens (tertiary/aromatic N) is 1. The first-order valence-electron chi connectivity index (χ1n) is 9.75. The van der Waals surface area contributed by atoms with Crippen LogP contribution in [0.25, 0.3) is 11.0 Å². The van der Waals surface area contributed by atoms with E-state index in [9.17, 15) is 18.0 Å². The molecule has 0 saturated heterocycles. The van der Waals surface area contributed by atoms with Gasteiger partial charge in [0, 0.05) is 9.86 Å². The van der Waals surface area contributed by atoms with E-state index in [1.807, 2.05) is 0 Å². The van der Waals surface area contributed by atoms with Crippen LogP contribution in [0.5, 0.6) is 0 Å². The third-order valence-electron chi connectivity index (χ3n) is 5.07. The molecule has 0 spiro atoms. The van der Waals surface area contributed by atoms with E-state index in [0.29, 0.717) is 31.1 Å². The van der Waals surface area contributed by atoms with Crippen LogP contribution in [0.1, 0.15) is 33.4 Å². The number of hydrogen-bond donors (Lipinski definition) is 0. The van der Waals surface area contributed by atoms with Gasteiger partial charge in [0.05, 0.1) is 26.7 Å². The molecule has 0 aliphatic rings. The average molecular weight is 547 g/mol. The maximum Gasteiger partial charge on any atom is 0.273 e. The Morgan fingerprint density at radius 1 is 1.00 bits per heavy atom. The van der Waals surface area contributed by atoms with E-state index < -0.39 is 15.9 Å². The minimum absolute atomic E-state index is 0.0233. The molecule has 1 heterocycles. The number of carbonyl (C=O) groups is 2. The van der Waals surface area contributed by atoms with Gasteiger partial charge >= 0.3 is 0 Å². The van der Waals surface area contributed by atoms with Crippen molar-refractivity contribution < 1.29 is 22.4 Å². The second-order valence-corrected chi connectivity index (χ2v) is 10.4. The lowest BCUT2D eigenvalue weighted by atomic mass is 10.1. The Hall–Kier alpha value is -2.94. The van der Waals surface area contributed by atoms with Gasteiger partial charge in [0.2, 0.25) is 0 Å². The van der Waals surface area contributed by atoms with Gasteiger partial charge in [0.1, 0.15) is 11.3 Å². The van der Waals surface area contributed by atoms with Crippen molar-refractivity contribution in [3.63, 3.8) is 0 Å². The molecule has 0 N–H and O–H groups in total. The van der Waals surface area contributed by atoms with Gasteiger partial charge in [-0.15, -0.1) is 0 Å². The first-order chi connectivity index (χ1) is 15.6. The van der Waals surface area contributed by atoms with E-state index >= 15 is 0 Å². The number of carbonyl (C=O) groups excluding carboxylic acids is 2. The van der Waals surface area contributed by atoms with Gasteiger partial charge in [-0.3, -0.25) is 9.59 Å². The Bertz CT molecular complexity index is 1510. The normalized spacial score (nSPS) is 11.5. The fourth-order valence-corrected chi connectivity index (χ4v) is 5.47. The first-order valence-corrected chi connectivity index (χ1v) is 12.4. The smallest absolute Gasteiger partial charge is 0.273 e. The number of aryl methyl sites for hydroxylation is 1. The van der Waals surface area contributed by atoms with Crippen LogP contribution in [-0.2, 0) is 10.0 Å². The number of hydrogen-bond acceptors (Lipinski definition) is 5. The standard InChI is InChI=1S/C24H17BrClNO5S/c1-14(28)23-15(2)32-22-12-9-17(13-20(22)23)27(24(29)19-5-3-4-6-21(19)26)33(30,31)18-10-7-16(25)8-11-18/h3-13H,1-2H3. The van der Waals surface area contributed by atoms with Gasteiger partial charge in [-0.25, -0.2) is 8.42 Å². The van der Waals surface area contributed by atoms with Crippen LogP contribution in [0.3, 0.4) is 0 Å². The monoisotopic (exact) mass is 545 g/mol. The number of anilines is 1. The zero-order valence-electron chi connectivity index (χ0n) is 17.5. The number of halogens is 2. The second-order valence-electron chi connectivity index (χ2n) is 7.28. The molecular formula is C24H17BrClNO5S. The SMILES string of the molecule is CC(=O)c1c(C)oc2ccc(N(C(=O)c3ccccc3Cl)S(=O)(=O)c3ccc(Br)cc3)cc12. The summed E-state index contributed by atoms with van der Waals surface area (Å²) in [6, 6.07) is 16.6. The van der Waals surface area contributed by atoms with Crippen molar-refractivity contribution >= 4 is 65.9 Å². The zero-order valence-corrected chi connectivity index (χ0v) is 20.7. The maximum atomic E-state index is 13.7. The van der Waals surface area contributed by atoms with Crippen molar-refractivity contribution in [3.05, 3.63) is 93.1 Å². The minimum atomic E-state index is -4.34. The summed E-state index contributed by atoms with van der Waals surface area (Å²) in [5.74, 6) is -0.648. The Morgan fingerprint density at radius 2 is 1.67 bits per heavy atom. The molecule has 1 aromatic heterocycles. The predicted molar refractivity (Wildman–Crippen MR) is 131 cm³/mol. The molecule has 0 fully saturated rings. The van der Waals surface area contributed by atoms with E-state index in [0.717, 1.165) is 0 Å². The van der Waals surface area contributed by atoms with Gasteiger partial charge in [0.25, 0.3) is 15.9 Å². The molecular weight excluding hydrogens is 530 g/mol. The van der Waals surface area contributed by atoms with E-state index in [2.05, 4.69) is 15.9 Å². The van der Waals surface area contributed by atoms with Crippen LogP contribution in [0, 0.1) is 6.92 Å². The highest BCUT2D eigenvalue weighted by Gasteiger charge is 2.33. The molecule has 33 heavy (non-hydrogen) atoms. The molecule has 4 rings (SSSR count).